The second kappa shape index (κ2) is 14.9. The molecule has 0 atom stereocenters. The molecule has 0 unspecified atom stereocenters. The largest absolute Gasteiger partial charge is 0.506 e. The lowest BCUT2D eigenvalue weighted by atomic mass is 9.86. The van der Waals surface area contributed by atoms with Crippen LogP contribution in [0.4, 0.5) is 11.4 Å². The highest BCUT2D eigenvalue weighted by Crippen LogP contribution is 2.34. The number of nitrogens with two attached hydrogens (primary N) is 2. The van der Waals surface area contributed by atoms with Crippen molar-refractivity contribution in [3.8, 4) is 22.6 Å². The van der Waals surface area contributed by atoms with Crippen molar-refractivity contribution in [1.82, 2.24) is 9.13 Å². The Morgan fingerprint density at radius 1 is 0.479 bits per heavy atom. The van der Waals surface area contributed by atoms with Gasteiger partial charge >= 0.3 is 7.12 Å². The van der Waals surface area contributed by atoms with Crippen LogP contribution in [0.3, 0.4) is 0 Å². The highest BCUT2D eigenvalue weighted by atomic mass is 79.9. The van der Waals surface area contributed by atoms with Gasteiger partial charge in [0.05, 0.1) is 22.3 Å². The molecule has 0 radical (unpaired) electrons. The van der Waals surface area contributed by atoms with E-state index in [0.29, 0.717) is 5.59 Å². The number of nitrogen functional groups attached to an aromatic ring is 2. The van der Waals surface area contributed by atoms with E-state index in [1.165, 1.54) is 10.9 Å². The van der Waals surface area contributed by atoms with E-state index < -0.39 is 7.12 Å². The first-order valence-corrected chi connectivity index (χ1v) is 16.2. The van der Waals surface area contributed by atoms with E-state index in [2.05, 4.69) is 81.2 Å². The second-order valence-corrected chi connectivity index (χ2v) is 11.9. The Kier molecular flexibility index (Phi) is 10.1. The van der Waals surface area contributed by atoms with Gasteiger partial charge in [-0.1, -0.05) is 103 Å². The van der Waals surface area contributed by atoms with E-state index in [0.717, 1.165) is 49.4 Å². The van der Waals surface area contributed by atoms with Gasteiger partial charge in [-0.3, -0.25) is 0 Å². The maximum atomic E-state index is 9.50. The zero-order valence-electron chi connectivity index (χ0n) is 26.1. The summed E-state index contributed by atoms with van der Waals surface area (Å²) in [5.74, 6) is 0. The molecule has 0 aliphatic carbocycles. The van der Waals surface area contributed by atoms with E-state index in [9.17, 15) is 10.0 Å². The molecule has 6 nitrogen and oxygen atoms in total. The van der Waals surface area contributed by atoms with Crippen molar-refractivity contribution in [3.63, 3.8) is 0 Å². The minimum absolute atomic E-state index is 0.474. The first-order chi connectivity index (χ1) is 23.4. The highest BCUT2D eigenvalue weighted by Gasteiger charge is 2.20. The van der Waals surface area contributed by atoms with Crippen LogP contribution in [-0.4, -0.2) is 26.3 Å². The van der Waals surface area contributed by atoms with Gasteiger partial charge in [-0.05, 0) is 88.0 Å². The third-order valence-electron chi connectivity index (χ3n) is 7.89. The lowest BCUT2D eigenvalue weighted by Crippen LogP contribution is -2.35. The number of nitrogens with zero attached hydrogens (tertiary/aromatic N) is 2. The summed E-state index contributed by atoms with van der Waals surface area (Å²) in [6, 6.07) is 55.9. The van der Waals surface area contributed by atoms with Crippen LogP contribution in [0, 0.1) is 0 Å². The van der Waals surface area contributed by atoms with Crippen molar-refractivity contribution in [2.75, 3.05) is 11.5 Å². The molecule has 0 aliphatic heterocycles. The summed E-state index contributed by atoms with van der Waals surface area (Å²) in [4.78, 5) is 0. The van der Waals surface area contributed by atoms with Gasteiger partial charge < -0.3 is 30.6 Å². The third kappa shape index (κ3) is 7.06. The molecular weight excluding hydrogens is 659 g/mol. The molecule has 6 aromatic carbocycles. The zero-order chi connectivity index (χ0) is 33.5. The summed E-state index contributed by atoms with van der Waals surface area (Å²) in [5, 5.41) is 21.2. The molecule has 8 rings (SSSR count). The molecule has 48 heavy (non-hydrogen) atoms. The fourth-order valence-corrected chi connectivity index (χ4v) is 5.93. The van der Waals surface area contributed by atoms with E-state index in [-0.39, 0.29) is 0 Å². The minimum Gasteiger partial charge on any atom is -0.422 e. The molecule has 0 saturated heterocycles. The van der Waals surface area contributed by atoms with Crippen molar-refractivity contribution in [3.05, 3.63) is 174 Å². The average molecular weight is 693 g/mol. The Morgan fingerprint density at radius 2 is 0.938 bits per heavy atom. The number of anilines is 2. The summed E-state index contributed by atoms with van der Waals surface area (Å²) in [6.07, 6.45) is 0. The van der Waals surface area contributed by atoms with Crippen molar-refractivity contribution >= 4 is 61.8 Å². The predicted octanol–water partition coefficient (Wildman–Crippen LogP) is 8.22. The molecule has 0 saturated carbocycles. The number of hydrogen-bond acceptors (Lipinski definition) is 4. The molecule has 0 bridgehead atoms. The van der Waals surface area contributed by atoms with Gasteiger partial charge in [0.25, 0.3) is 0 Å². The van der Waals surface area contributed by atoms with E-state index in [1.54, 1.807) is 6.07 Å². The average Bonchev–Trinajstić information content (AvgIpc) is 3.71. The topological polar surface area (TPSA) is 102 Å². The number of halogens is 1. The van der Waals surface area contributed by atoms with Crippen LogP contribution in [-0.2, 0) is 0 Å². The third-order valence-corrected chi connectivity index (χ3v) is 8.61. The fraction of sp³-hybridized carbons (Fsp3) is 0. The standard InChI is InChI=1S/C20H16N2.C14H12BNO2.C6H6BrN/c21-18-12-6-5-11-17(18)20-14-15-8-4-7-13-19(15)22(20)16-9-2-1-3-10-16;17-15(18)14-10-11-6-4-5-9-13(11)16(14)12-7-2-1-3-8-12;7-5-3-1-2-4-6(5)8/h1-14H,21H2;1-10,17-18H;1-4H,8H2. The zero-order valence-corrected chi connectivity index (χ0v) is 27.7. The molecule has 0 aliphatic rings. The van der Waals surface area contributed by atoms with Gasteiger partial charge in [0.2, 0.25) is 0 Å². The second-order valence-electron chi connectivity index (χ2n) is 11.0. The fourth-order valence-electron chi connectivity index (χ4n) is 5.65. The Labute approximate surface area is 288 Å². The first-order valence-electron chi connectivity index (χ1n) is 15.4. The lowest BCUT2D eigenvalue weighted by molar-refractivity contribution is 0.423. The Hall–Kier alpha value is -5.54. The summed E-state index contributed by atoms with van der Waals surface area (Å²) < 4.78 is 5.08. The van der Waals surface area contributed by atoms with E-state index in [4.69, 9.17) is 11.5 Å². The number of aromatic nitrogens is 2. The quantitative estimate of drug-likeness (QED) is 0.110. The summed E-state index contributed by atoms with van der Waals surface area (Å²) in [5.41, 5.74) is 20.1. The molecule has 0 fully saturated rings. The van der Waals surface area contributed by atoms with Crippen LogP contribution < -0.4 is 17.1 Å². The van der Waals surface area contributed by atoms with Gasteiger partial charge in [0.15, 0.2) is 0 Å². The summed E-state index contributed by atoms with van der Waals surface area (Å²) >= 11 is 3.27. The van der Waals surface area contributed by atoms with Gasteiger partial charge in [0, 0.05) is 38.2 Å². The summed E-state index contributed by atoms with van der Waals surface area (Å²) in [7, 11) is -1.49. The van der Waals surface area contributed by atoms with Crippen LogP contribution in [0.25, 0.3) is 44.4 Å². The van der Waals surface area contributed by atoms with Crippen LogP contribution in [0.15, 0.2) is 174 Å². The number of hydrogen-bond donors (Lipinski definition) is 4. The normalized spacial score (nSPS) is 10.6. The van der Waals surface area contributed by atoms with Gasteiger partial charge in [-0.2, -0.15) is 0 Å². The monoisotopic (exact) mass is 692 g/mol. The predicted molar refractivity (Wildman–Crippen MR) is 205 cm³/mol. The first kappa shape index (κ1) is 32.4. The van der Waals surface area contributed by atoms with Crippen molar-refractivity contribution < 1.29 is 10.0 Å². The van der Waals surface area contributed by atoms with E-state index in [1.807, 2.05) is 108 Å². The minimum atomic E-state index is -1.49. The highest BCUT2D eigenvalue weighted by molar-refractivity contribution is 9.10. The molecule has 236 valence electrons. The molecule has 2 aromatic heterocycles. The van der Waals surface area contributed by atoms with Crippen molar-refractivity contribution in [1.29, 1.82) is 0 Å². The van der Waals surface area contributed by atoms with Gasteiger partial charge in [-0.15, -0.1) is 0 Å². The maximum absolute atomic E-state index is 9.50. The van der Waals surface area contributed by atoms with Gasteiger partial charge in [0.1, 0.15) is 0 Å². The van der Waals surface area contributed by atoms with Gasteiger partial charge in [-0.25, -0.2) is 0 Å². The summed E-state index contributed by atoms with van der Waals surface area (Å²) in [6.45, 7) is 0. The number of fused-ring (bicyclic) bond motifs is 2. The molecule has 8 heteroatoms. The molecular formula is C40H34BBrN4O2. The van der Waals surface area contributed by atoms with Crippen molar-refractivity contribution in [2.24, 2.45) is 0 Å². The molecule has 0 spiro atoms. The molecule has 0 amide bonds. The van der Waals surface area contributed by atoms with Crippen molar-refractivity contribution in [2.45, 2.75) is 0 Å². The molecule has 8 aromatic rings. The number of rotatable bonds is 4. The Balaban J connectivity index is 0.000000138. The molecule has 6 N–H and O–H groups in total. The van der Waals surface area contributed by atoms with Crippen LogP contribution in [0.1, 0.15) is 0 Å². The number of para-hydroxylation sites is 6. The van der Waals surface area contributed by atoms with Crippen LogP contribution in [0.2, 0.25) is 0 Å². The van der Waals surface area contributed by atoms with Crippen LogP contribution in [0.5, 0.6) is 0 Å². The maximum Gasteiger partial charge on any atom is 0.506 e. The SMILES string of the molecule is Nc1ccccc1-c1cc2ccccc2n1-c1ccccc1.Nc1ccccc1Br.OB(O)c1cc2ccccc2n1-c1ccccc1. The molecule has 2 heterocycles. The lowest BCUT2D eigenvalue weighted by Gasteiger charge is -2.12. The smallest absolute Gasteiger partial charge is 0.422 e. The van der Waals surface area contributed by atoms with E-state index >= 15 is 0 Å². The van der Waals surface area contributed by atoms with Crippen LogP contribution >= 0.6 is 15.9 Å². The number of benzene rings is 6. The Morgan fingerprint density at radius 3 is 1.48 bits per heavy atom. The Bertz CT molecular complexity index is 2250.